The third-order valence-electron chi connectivity index (χ3n) is 1.87. The molecule has 0 aromatic rings. The average Bonchev–Trinajstić information content (AvgIpc) is 2.39. The van der Waals surface area contributed by atoms with Gasteiger partial charge in [0, 0.05) is 0 Å². The lowest BCUT2D eigenvalue weighted by Crippen LogP contribution is -2.48. The third kappa shape index (κ3) is 7.49. The Morgan fingerprint density at radius 3 is 2.16 bits per heavy atom. The standard InChI is InChI=1S/C10H15N3O6/c1-2-7(15)11-3-8(16)12-4-9(17)13-6(5-14)10(18)19/h2,6,14H,1,3-5H2,(H,11,15)(H,12,16)(H,13,17)(H,18,19)/t6-/m0/s1. The molecule has 0 saturated heterocycles. The molecule has 9 nitrogen and oxygen atoms in total. The van der Waals surface area contributed by atoms with Gasteiger partial charge in [-0.15, -0.1) is 0 Å². The maximum atomic E-state index is 11.2. The van der Waals surface area contributed by atoms with Crippen molar-refractivity contribution < 1.29 is 29.4 Å². The topological polar surface area (TPSA) is 145 Å². The molecule has 0 saturated carbocycles. The minimum atomic E-state index is -1.43. The van der Waals surface area contributed by atoms with Crippen LogP contribution in [0, 0.1) is 0 Å². The van der Waals surface area contributed by atoms with E-state index in [1.54, 1.807) is 0 Å². The van der Waals surface area contributed by atoms with Crippen LogP contribution in [-0.4, -0.2) is 59.6 Å². The summed E-state index contributed by atoms with van der Waals surface area (Å²) in [4.78, 5) is 43.6. The Balaban J connectivity index is 3.95. The van der Waals surface area contributed by atoms with Gasteiger partial charge < -0.3 is 26.2 Å². The number of carbonyl (C=O) groups is 4. The number of carboxylic acids is 1. The first-order valence-electron chi connectivity index (χ1n) is 5.20. The molecule has 0 spiro atoms. The zero-order valence-corrected chi connectivity index (χ0v) is 10.0. The minimum Gasteiger partial charge on any atom is -0.480 e. The predicted octanol–water partition coefficient (Wildman–Crippen LogP) is -3.03. The van der Waals surface area contributed by atoms with Crippen LogP contribution in [0.5, 0.6) is 0 Å². The fourth-order valence-corrected chi connectivity index (χ4v) is 0.912. The molecule has 1 atom stereocenters. The molecule has 0 radical (unpaired) electrons. The molecule has 106 valence electrons. The highest BCUT2D eigenvalue weighted by Gasteiger charge is 2.18. The number of amides is 3. The normalized spacial score (nSPS) is 11.0. The van der Waals surface area contributed by atoms with Crippen LogP contribution in [0.4, 0.5) is 0 Å². The van der Waals surface area contributed by atoms with Gasteiger partial charge in [-0.2, -0.15) is 0 Å². The van der Waals surface area contributed by atoms with E-state index >= 15 is 0 Å². The van der Waals surface area contributed by atoms with Gasteiger partial charge in [0.1, 0.15) is 6.04 Å². The summed E-state index contributed by atoms with van der Waals surface area (Å²) >= 11 is 0. The van der Waals surface area contributed by atoms with Crippen LogP contribution in [0.15, 0.2) is 12.7 Å². The monoisotopic (exact) mass is 273 g/mol. The highest BCUT2D eigenvalue weighted by molar-refractivity contribution is 5.92. The van der Waals surface area contributed by atoms with Gasteiger partial charge in [0.05, 0.1) is 19.7 Å². The highest BCUT2D eigenvalue weighted by Crippen LogP contribution is 1.81. The Hall–Kier alpha value is -2.42. The van der Waals surface area contributed by atoms with Crippen molar-refractivity contribution >= 4 is 23.7 Å². The molecule has 0 aliphatic rings. The second-order valence-corrected chi connectivity index (χ2v) is 3.34. The number of aliphatic hydroxyl groups is 1. The third-order valence-corrected chi connectivity index (χ3v) is 1.87. The van der Waals surface area contributed by atoms with Gasteiger partial charge in [-0.1, -0.05) is 6.58 Å². The fourth-order valence-electron chi connectivity index (χ4n) is 0.912. The van der Waals surface area contributed by atoms with E-state index in [9.17, 15) is 19.2 Å². The molecule has 0 unspecified atom stereocenters. The summed E-state index contributed by atoms with van der Waals surface area (Å²) in [6.45, 7) is 1.63. The van der Waals surface area contributed by atoms with E-state index in [0.717, 1.165) is 6.08 Å². The lowest BCUT2D eigenvalue weighted by atomic mass is 10.3. The number of aliphatic carboxylic acids is 1. The summed E-state index contributed by atoms with van der Waals surface area (Å²) in [6.07, 6.45) is 0.985. The molecule has 0 aliphatic heterocycles. The minimum absolute atomic E-state index is 0.333. The van der Waals surface area contributed by atoms with Crippen molar-refractivity contribution in [3.63, 3.8) is 0 Å². The Kier molecular flexibility index (Phi) is 7.54. The SMILES string of the molecule is C=CC(=O)NCC(=O)NCC(=O)N[C@@H](CO)C(=O)O. The second-order valence-electron chi connectivity index (χ2n) is 3.34. The maximum absolute atomic E-state index is 11.2. The summed E-state index contributed by atoms with van der Waals surface area (Å²) in [5.74, 6) is -3.32. The Morgan fingerprint density at radius 2 is 1.68 bits per heavy atom. The quantitative estimate of drug-likeness (QED) is 0.297. The molecule has 0 bridgehead atoms. The lowest BCUT2D eigenvalue weighted by molar-refractivity contribution is -0.142. The van der Waals surface area contributed by atoms with Crippen molar-refractivity contribution in [1.82, 2.24) is 16.0 Å². The van der Waals surface area contributed by atoms with Crippen LogP contribution in [-0.2, 0) is 19.2 Å². The first-order valence-corrected chi connectivity index (χ1v) is 5.20. The predicted molar refractivity (Wildman–Crippen MR) is 62.9 cm³/mol. The lowest BCUT2D eigenvalue weighted by Gasteiger charge is -2.12. The zero-order chi connectivity index (χ0) is 14.8. The molecule has 0 heterocycles. The van der Waals surface area contributed by atoms with Gasteiger partial charge in [-0.05, 0) is 6.08 Å². The number of carboxylic acid groups (broad SMARTS) is 1. The summed E-state index contributed by atoms with van der Waals surface area (Å²) in [5.41, 5.74) is 0. The number of rotatable bonds is 8. The van der Waals surface area contributed by atoms with Gasteiger partial charge >= 0.3 is 5.97 Å². The maximum Gasteiger partial charge on any atom is 0.328 e. The molecule has 0 aromatic heterocycles. The smallest absolute Gasteiger partial charge is 0.328 e. The number of hydrogen-bond donors (Lipinski definition) is 5. The molecule has 19 heavy (non-hydrogen) atoms. The molecule has 9 heteroatoms. The number of nitrogens with one attached hydrogen (secondary N) is 3. The van der Waals surface area contributed by atoms with E-state index < -0.39 is 42.9 Å². The number of hydrogen-bond acceptors (Lipinski definition) is 5. The molecule has 3 amide bonds. The second kappa shape index (κ2) is 8.64. The van der Waals surface area contributed by atoms with Gasteiger partial charge in [0.15, 0.2) is 0 Å². The van der Waals surface area contributed by atoms with Crippen molar-refractivity contribution in [3.8, 4) is 0 Å². The summed E-state index contributed by atoms with van der Waals surface area (Å²) < 4.78 is 0. The first kappa shape index (κ1) is 16.6. The van der Waals surface area contributed by atoms with Crippen molar-refractivity contribution in [3.05, 3.63) is 12.7 Å². The van der Waals surface area contributed by atoms with Crippen LogP contribution in [0.1, 0.15) is 0 Å². The fraction of sp³-hybridized carbons (Fsp3) is 0.400. The van der Waals surface area contributed by atoms with E-state index in [-0.39, 0.29) is 6.54 Å². The zero-order valence-electron chi connectivity index (χ0n) is 10.0. The molecule has 0 rings (SSSR count). The van der Waals surface area contributed by atoms with E-state index in [2.05, 4.69) is 17.2 Å². The summed E-state index contributed by atoms with van der Waals surface area (Å²) in [7, 11) is 0. The van der Waals surface area contributed by atoms with Crippen molar-refractivity contribution in [1.29, 1.82) is 0 Å². The molecule has 0 aliphatic carbocycles. The van der Waals surface area contributed by atoms with E-state index in [1.807, 2.05) is 5.32 Å². The molecule has 5 N–H and O–H groups in total. The van der Waals surface area contributed by atoms with Gasteiger partial charge in [0.25, 0.3) is 0 Å². The molecular weight excluding hydrogens is 258 g/mol. The summed E-state index contributed by atoms with van der Waals surface area (Å²) in [5, 5.41) is 23.5. The van der Waals surface area contributed by atoms with Crippen LogP contribution < -0.4 is 16.0 Å². The average molecular weight is 273 g/mol. The number of aliphatic hydroxyl groups excluding tert-OH is 1. The van der Waals surface area contributed by atoms with Crippen LogP contribution in [0.25, 0.3) is 0 Å². The van der Waals surface area contributed by atoms with E-state index in [0.29, 0.717) is 0 Å². The highest BCUT2D eigenvalue weighted by atomic mass is 16.4. The Morgan fingerprint density at radius 1 is 1.11 bits per heavy atom. The van der Waals surface area contributed by atoms with E-state index in [4.69, 9.17) is 10.2 Å². The van der Waals surface area contributed by atoms with Crippen LogP contribution in [0.3, 0.4) is 0 Å². The van der Waals surface area contributed by atoms with Gasteiger partial charge in [-0.25, -0.2) is 4.79 Å². The summed E-state index contributed by atoms with van der Waals surface area (Å²) in [6, 6.07) is -1.43. The van der Waals surface area contributed by atoms with Crippen molar-refractivity contribution in [2.24, 2.45) is 0 Å². The van der Waals surface area contributed by atoms with Crippen molar-refractivity contribution in [2.75, 3.05) is 19.7 Å². The Labute approximate surface area is 108 Å². The van der Waals surface area contributed by atoms with Crippen molar-refractivity contribution in [2.45, 2.75) is 6.04 Å². The number of carbonyl (C=O) groups excluding carboxylic acids is 3. The van der Waals surface area contributed by atoms with Crippen LogP contribution >= 0.6 is 0 Å². The molecule has 0 fully saturated rings. The molecular formula is C10H15N3O6. The van der Waals surface area contributed by atoms with Gasteiger partial charge in [-0.3, -0.25) is 14.4 Å². The van der Waals surface area contributed by atoms with Crippen LogP contribution in [0.2, 0.25) is 0 Å². The Bertz CT molecular complexity index is 381. The first-order chi connectivity index (χ1) is 8.90. The van der Waals surface area contributed by atoms with Gasteiger partial charge in [0.2, 0.25) is 17.7 Å². The molecule has 0 aromatic carbocycles. The van der Waals surface area contributed by atoms with E-state index in [1.165, 1.54) is 0 Å². The largest absolute Gasteiger partial charge is 0.480 e.